The summed E-state index contributed by atoms with van der Waals surface area (Å²) in [6.45, 7) is 3.44. The van der Waals surface area contributed by atoms with Crippen LogP contribution in [0.15, 0.2) is 60.8 Å². The molecule has 4 N–H and O–H groups in total. The van der Waals surface area contributed by atoms with Crippen LogP contribution in [0.5, 0.6) is 5.75 Å². The van der Waals surface area contributed by atoms with E-state index in [1.807, 2.05) is 42.7 Å². The van der Waals surface area contributed by atoms with Gasteiger partial charge in [-0.15, -0.1) is 0 Å². The van der Waals surface area contributed by atoms with Gasteiger partial charge in [-0.2, -0.15) is 4.98 Å². The summed E-state index contributed by atoms with van der Waals surface area (Å²) in [4.78, 5) is 12.2. The highest BCUT2D eigenvalue weighted by Gasteiger charge is 2.04. The third kappa shape index (κ3) is 5.22. The Kier molecular flexibility index (Phi) is 6.36. The van der Waals surface area contributed by atoms with Gasteiger partial charge in [0.1, 0.15) is 18.2 Å². The maximum Gasteiger partial charge on any atom is 0.229 e. The van der Waals surface area contributed by atoms with E-state index in [-0.39, 0.29) is 0 Å². The van der Waals surface area contributed by atoms with Crippen LogP contribution in [0.3, 0.4) is 0 Å². The van der Waals surface area contributed by atoms with Crippen molar-refractivity contribution in [3.8, 4) is 5.75 Å². The first-order chi connectivity index (χ1) is 14.7. The monoisotopic (exact) mass is 420 g/mol. The summed E-state index contributed by atoms with van der Waals surface area (Å²) in [6.07, 6.45) is 3.72. The summed E-state index contributed by atoms with van der Waals surface area (Å²) in [7, 11) is 0. The molecular weight excluding hydrogens is 396 g/mol. The van der Waals surface area contributed by atoms with Gasteiger partial charge in [-0.25, -0.2) is 4.98 Å². The van der Waals surface area contributed by atoms with Crippen LogP contribution in [0.2, 0.25) is 0 Å². The number of anilines is 4. The number of hydrogen-bond donors (Lipinski definition) is 4. The van der Waals surface area contributed by atoms with E-state index in [1.54, 1.807) is 18.1 Å². The van der Waals surface area contributed by atoms with Crippen molar-refractivity contribution in [2.75, 3.05) is 30.0 Å². The summed E-state index contributed by atoms with van der Waals surface area (Å²) >= 11 is 1.58. The Labute approximate surface area is 179 Å². The minimum absolute atomic E-state index is 0.514. The molecule has 0 atom stereocenters. The molecule has 0 aliphatic heterocycles. The third-order valence-electron chi connectivity index (χ3n) is 4.39. The van der Waals surface area contributed by atoms with Gasteiger partial charge in [0.2, 0.25) is 5.95 Å². The summed E-state index contributed by atoms with van der Waals surface area (Å²) < 4.78 is 8.91. The minimum atomic E-state index is 0.514. The molecule has 0 spiro atoms. The fraction of sp³-hybridized carbons (Fsp3) is 0.182. The summed E-state index contributed by atoms with van der Waals surface area (Å²) in [6, 6.07) is 17.9. The van der Waals surface area contributed by atoms with Gasteiger partial charge in [0.05, 0.1) is 0 Å². The number of fused-ring (bicyclic) bond motifs is 1. The molecule has 2 heterocycles. The van der Waals surface area contributed by atoms with E-state index >= 15 is 0 Å². The largest absolute Gasteiger partial charge is 0.492 e. The van der Waals surface area contributed by atoms with Crippen LogP contribution in [-0.2, 0) is 0 Å². The van der Waals surface area contributed by atoms with Gasteiger partial charge in [-0.1, -0.05) is 18.0 Å². The molecule has 2 aromatic carbocycles. The number of hydrogen-bond acceptors (Lipinski definition) is 7. The van der Waals surface area contributed by atoms with Crippen LogP contribution in [0.1, 0.15) is 5.69 Å². The molecule has 8 heteroatoms. The number of ether oxygens (including phenoxy) is 1. The first-order valence-electron chi connectivity index (χ1n) is 9.65. The first kappa shape index (κ1) is 20.1. The van der Waals surface area contributed by atoms with Crippen molar-refractivity contribution in [2.45, 2.75) is 6.92 Å². The van der Waals surface area contributed by atoms with Crippen LogP contribution < -0.4 is 20.1 Å². The van der Waals surface area contributed by atoms with Crippen molar-refractivity contribution in [2.24, 2.45) is 0 Å². The summed E-state index contributed by atoms with van der Waals surface area (Å²) in [5.41, 5.74) is 4.10. The van der Waals surface area contributed by atoms with Gasteiger partial charge < -0.3 is 20.4 Å². The number of nitrogens with one attached hydrogen (secondary N) is 4. The smallest absolute Gasteiger partial charge is 0.229 e. The molecule has 0 fully saturated rings. The molecule has 0 unspecified atom stereocenters. The molecule has 0 saturated heterocycles. The average molecular weight is 421 g/mol. The van der Waals surface area contributed by atoms with Crippen LogP contribution in [0.25, 0.3) is 10.9 Å². The van der Waals surface area contributed by atoms with E-state index in [0.717, 1.165) is 46.1 Å². The topological polar surface area (TPSA) is 86.9 Å². The van der Waals surface area contributed by atoms with Gasteiger partial charge in [-0.3, -0.25) is 4.72 Å². The second-order valence-electron chi connectivity index (χ2n) is 6.74. The summed E-state index contributed by atoms with van der Waals surface area (Å²) in [5, 5.41) is 7.74. The maximum absolute atomic E-state index is 5.75. The van der Waals surface area contributed by atoms with Crippen LogP contribution in [0, 0.1) is 6.92 Å². The lowest BCUT2D eigenvalue weighted by Crippen LogP contribution is -2.13. The normalized spacial score (nSPS) is 10.9. The van der Waals surface area contributed by atoms with E-state index in [4.69, 9.17) is 4.74 Å². The standard InChI is InChI=1S/C22H24N6OS/c1-15-12-16-13-18(6-7-20(16)25-15)26-21-8-9-23-22(28-21)27-17-4-3-5-19(14-17)29-11-10-24-30-2/h3-9,12-14,24-25H,10-11H2,1-2H3,(H2,23,26,27,28). The molecule has 0 aliphatic carbocycles. The fourth-order valence-corrected chi connectivity index (χ4v) is 3.38. The lowest BCUT2D eigenvalue weighted by molar-refractivity contribution is 0.325. The average Bonchev–Trinajstić information content (AvgIpc) is 3.11. The molecule has 2 aromatic heterocycles. The van der Waals surface area contributed by atoms with Gasteiger partial charge >= 0.3 is 0 Å². The Morgan fingerprint density at radius 3 is 2.83 bits per heavy atom. The molecule has 4 aromatic rings. The molecule has 0 bridgehead atoms. The molecule has 4 rings (SSSR count). The van der Waals surface area contributed by atoms with Crippen LogP contribution >= 0.6 is 11.9 Å². The Balaban J connectivity index is 1.43. The van der Waals surface area contributed by atoms with E-state index in [9.17, 15) is 0 Å². The number of aromatic amines is 1. The zero-order chi connectivity index (χ0) is 20.8. The third-order valence-corrected chi connectivity index (χ3v) is 4.88. The van der Waals surface area contributed by atoms with E-state index in [1.165, 1.54) is 0 Å². The Morgan fingerprint density at radius 2 is 1.93 bits per heavy atom. The maximum atomic E-state index is 5.75. The lowest BCUT2D eigenvalue weighted by atomic mass is 10.2. The highest BCUT2D eigenvalue weighted by Crippen LogP contribution is 2.24. The Bertz CT molecular complexity index is 1130. The number of rotatable bonds is 9. The zero-order valence-corrected chi connectivity index (χ0v) is 17.7. The SMILES string of the molecule is CSNCCOc1cccc(Nc2nccc(Nc3ccc4[nH]c(C)cc4c3)n2)c1. The summed E-state index contributed by atoms with van der Waals surface area (Å²) in [5.74, 6) is 2.03. The van der Waals surface area contributed by atoms with Crippen LogP contribution in [0.4, 0.5) is 23.1 Å². The Morgan fingerprint density at radius 1 is 1.03 bits per heavy atom. The van der Waals surface area contributed by atoms with Crippen molar-refractivity contribution in [1.82, 2.24) is 19.7 Å². The molecular formula is C22H24N6OS. The van der Waals surface area contributed by atoms with Crippen molar-refractivity contribution >= 4 is 46.0 Å². The molecule has 0 aliphatic rings. The van der Waals surface area contributed by atoms with Crippen molar-refractivity contribution in [1.29, 1.82) is 0 Å². The molecule has 154 valence electrons. The highest BCUT2D eigenvalue weighted by molar-refractivity contribution is 7.96. The molecule has 0 radical (unpaired) electrons. The van der Waals surface area contributed by atoms with Crippen molar-refractivity contribution in [3.05, 3.63) is 66.5 Å². The van der Waals surface area contributed by atoms with Gasteiger partial charge in [0.15, 0.2) is 0 Å². The van der Waals surface area contributed by atoms with E-state index < -0.39 is 0 Å². The molecule has 30 heavy (non-hydrogen) atoms. The van der Waals surface area contributed by atoms with Crippen LogP contribution in [-0.4, -0.2) is 34.4 Å². The van der Waals surface area contributed by atoms with E-state index in [0.29, 0.717) is 12.6 Å². The quantitative estimate of drug-likeness (QED) is 0.224. The van der Waals surface area contributed by atoms with Gasteiger partial charge in [-0.05, 0) is 55.6 Å². The number of nitrogens with zero attached hydrogens (tertiary/aromatic N) is 2. The second-order valence-corrected chi connectivity index (χ2v) is 7.44. The minimum Gasteiger partial charge on any atom is -0.492 e. The lowest BCUT2D eigenvalue weighted by Gasteiger charge is -2.10. The highest BCUT2D eigenvalue weighted by atomic mass is 32.2. The number of H-pyrrole nitrogens is 1. The van der Waals surface area contributed by atoms with Gasteiger partial charge in [0.25, 0.3) is 0 Å². The van der Waals surface area contributed by atoms with Crippen molar-refractivity contribution in [3.63, 3.8) is 0 Å². The predicted octanol–water partition coefficient (Wildman–Crippen LogP) is 5.00. The number of aromatic nitrogens is 3. The zero-order valence-electron chi connectivity index (χ0n) is 16.9. The number of benzene rings is 2. The van der Waals surface area contributed by atoms with E-state index in [2.05, 4.69) is 55.4 Å². The fourth-order valence-electron chi connectivity index (χ4n) is 3.10. The Hall–Kier alpha value is -3.23. The number of aryl methyl sites for hydroxylation is 1. The molecule has 7 nitrogen and oxygen atoms in total. The van der Waals surface area contributed by atoms with Crippen molar-refractivity contribution < 1.29 is 4.74 Å². The second kappa shape index (κ2) is 9.51. The molecule has 0 saturated carbocycles. The molecule has 0 amide bonds. The first-order valence-corrected chi connectivity index (χ1v) is 10.9. The predicted molar refractivity (Wildman–Crippen MR) is 125 cm³/mol. The van der Waals surface area contributed by atoms with Gasteiger partial charge in [0, 0.05) is 46.8 Å².